The van der Waals surface area contributed by atoms with E-state index in [0.717, 1.165) is 0 Å². The van der Waals surface area contributed by atoms with Crippen molar-refractivity contribution in [2.45, 2.75) is 26.8 Å². The lowest BCUT2D eigenvalue weighted by Gasteiger charge is -2.18. The van der Waals surface area contributed by atoms with Gasteiger partial charge in [-0.25, -0.2) is 10.8 Å². The summed E-state index contributed by atoms with van der Waals surface area (Å²) in [5, 5.41) is 3.69. The maximum atomic E-state index is 5.95. The van der Waals surface area contributed by atoms with Crippen LogP contribution in [0.2, 0.25) is 5.02 Å². The average Bonchev–Trinajstić information content (AvgIpc) is 2.21. The number of nitrogen functional groups attached to an aromatic ring is 1. The highest BCUT2D eigenvalue weighted by molar-refractivity contribution is 6.32. The van der Waals surface area contributed by atoms with Crippen LogP contribution < -0.4 is 16.6 Å². The van der Waals surface area contributed by atoms with E-state index in [9.17, 15) is 0 Å². The molecule has 0 radical (unpaired) electrons. The van der Waals surface area contributed by atoms with Gasteiger partial charge in [0.25, 0.3) is 0 Å². The lowest BCUT2D eigenvalue weighted by Crippen LogP contribution is -2.23. The molecule has 0 saturated carbocycles. The summed E-state index contributed by atoms with van der Waals surface area (Å²) < 4.78 is 0. The average molecular weight is 230 g/mol. The van der Waals surface area contributed by atoms with E-state index in [2.05, 4.69) is 41.5 Å². The van der Waals surface area contributed by atoms with E-state index in [0.29, 0.717) is 22.7 Å². The van der Waals surface area contributed by atoms with Crippen LogP contribution in [-0.4, -0.2) is 16.0 Å². The Labute approximate surface area is 94.4 Å². The number of hydrogen-bond acceptors (Lipinski definition) is 5. The highest BCUT2D eigenvalue weighted by Crippen LogP contribution is 2.21. The minimum atomic E-state index is 0.281. The van der Waals surface area contributed by atoms with E-state index in [1.54, 1.807) is 0 Å². The molecular weight excluding hydrogens is 214 g/mol. The molecule has 0 aliphatic rings. The quantitative estimate of drug-likeness (QED) is 0.543. The first kappa shape index (κ1) is 12.0. The van der Waals surface area contributed by atoms with E-state index in [1.165, 1.54) is 6.20 Å². The molecule has 0 aliphatic carbocycles. The molecule has 4 N–H and O–H groups in total. The molecule has 0 spiro atoms. The summed E-state index contributed by atoms with van der Waals surface area (Å²) in [5.41, 5.74) is 2.38. The minimum absolute atomic E-state index is 0.281. The molecule has 0 amide bonds. The smallest absolute Gasteiger partial charge is 0.239 e. The number of aromatic nitrogens is 2. The van der Waals surface area contributed by atoms with Crippen LogP contribution in [0.25, 0.3) is 0 Å². The second-order valence-corrected chi connectivity index (χ2v) is 4.12. The number of hydrogen-bond donors (Lipinski definition) is 3. The van der Waals surface area contributed by atoms with Crippen molar-refractivity contribution in [1.82, 2.24) is 9.97 Å². The van der Waals surface area contributed by atoms with Crippen LogP contribution in [0.3, 0.4) is 0 Å². The van der Waals surface area contributed by atoms with Gasteiger partial charge in [0.05, 0.1) is 6.20 Å². The zero-order valence-corrected chi connectivity index (χ0v) is 9.84. The van der Waals surface area contributed by atoms with Gasteiger partial charge in [0.15, 0.2) is 5.82 Å². The van der Waals surface area contributed by atoms with E-state index < -0.39 is 0 Å². The Morgan fingerprint density at radius 2 is 2.07 bits per heavy atom. The predicted octanol–water partition coefficient (Wildman–Crippen LogP) is 1.87. The summed E-state index contributed by atoms with van der Waals surface area (Å²) in [7, 11) is 0. The van der Waals surface area contributed by atoms with Crippen LogP contribution in [0, 0.1) is 5.92 Å². The topological polar surface area (TPSA) is 75.9 Å². The lowest BCUT2D eigenvalue weighted by molar-refractivity contribution is 0.558. The number of rotatable bonds is 4. The lowest BCUT2D eigenvalue weighted by atomic mass is 10.1. The number of anilines is 2. The van der Waals surface area contributed by atoms with Crippen LogP contribution in [0.4, 0.5) is 11.8 Å². The third-order valence-electron chi connectivity index (χ3n) is 2.24. The Bertz CT molecular complexity index is 328. The van der Waals surface area contributed by atoms with Crippen molar-refractivity contribution in [2.75, 3.05) is 10.7 Å². The molecule has 1 rings (SSSR count). The second-order valence-electron chi connectivity index (χ2n) is 3.71. The molecule has 0 saturated heterocycles. The summed E-state index contributed by atoms with van der Waals surface area (Å²) in [4.78, 5) is 8.01. The Morgan fingerprint density at radius 3 is 2.60 bits per heavy atom. The fraction of sp³-hybridized carbons (Fsp3) is 0.556. The molecule has 1 unspecified atom stereocenters. The van der Waals surface area contributed by atoms with E-state index in [1.807, 2.05) is 0 Å². The molecule has 15 heavy (non-hydrogen) atoms. The zero-order valence-electron chi connectivity index (χ0n) is 9.08. The summed E-state index contributed by atoms with van der Waals surface area (Å²) in [5.74, 6) is 6.65. The van der Waals surface area contributed by atoms with Crippen LogP contribution >= 0.6 is 11.6 Å². The van der Waals surface area contributed by atoms with Gasteiger partial charge in [0, 0.05) is 6.04 Å². The fourth-order valence-electron chi connectivity index (χ4n) is 0.920. The van der Waals surface area contributed by atoms with Crippen LogP contribution in [0.15, 0.2) is 6.20 Å². The molecule has 1 atom stereocenters. The van der Waals surface area contributed by atoms with Crippen LogP contribution in [0.5, 0.6) is 0 Å². The van der Waals surface area contributed by atoms with Gasteiger partial charge in [0.2, 0.25) is 5.95 Å². The zero-order chi connectivity index (χ0) is 11.4. The normalized spacial score (nSPS) is 12.7. The van der Waals surface area contributed by atoms with Gasteiger partial charge < -0.3 is 5.32 Å². The molecule has 84 valence electrons. The number of halogens is 1. The van der Waals surface area contributed by atoms with Crippen molar-refractivity contribution in [2.24, 2.45) is 11.8 Å². The number of nitrogens with one attached hydrogen (secondary N) is 2. The molecule has 5 nitrogen and oxygen atoms in total. The molecule has 0 bridgehead atoms. The van der Waals surface area contributed by atoms with Crippen LogP contribution in [0.1, 0.15) is 20.8 Å². The standard InChI is InChI=1S/C9H16ClN5/c1-5(2)6(3)13-8-7(10)4-12-9(14-8)15-11/h4-6H,11H2,1-3H3,(H2,12,13,14,15). The van der Waals surface area contributed by atoms with E-state index in [4.69, 9.17) is 17.4 Å². The third kappa shape index (κ3) is 3.21. The molecule has 1 aromatic heterocycles. The minimum Gasteiger partial charge on any atom is -0.366 e. The summed E-state index contributed by atoms with van der Waals surface area (Å²) in [6, 6.07) is 0.281. The Balaban J connectivity index is 2.83. The Hall–Kier alpha value is -1.07. The van der Waals surface area contributed by atoms with Crippen molar-refractivity contribution in [3.8, 4) is 0 Å². The van der Waals surface area contributed by atoms with Gasteiger partial charge in [-0.15, -0.1) is 0 Å². The molecular formula is C9H16ClN5. The van der Waals surface area contributed by atoms with Gasteiger partial charge in [-0.1, -0.05) is 25.4 Å². The van der Waals surface area contributed by atoms with Crippen molar-refractivity contribution in [3.63, 3.8) is 0 Å². The highest BCUT2D eigenvalue weighted by Gasteiger charge is 2.10. The SMILES string of the molecule is CC(C)C(C)Nc1nc(NN)ncc1Cl. The maximum absolute atomic E-state index is 5.95. The second kappa shape index (κ2) is 5.14. The van der Waals surface area contributed by atoms with E-state index in [-0.39, 0.29) is 6.04 Å². The Kier molecular flexibility index (Phi) is 4.11. The third-order valence-corrected chi connectivity index (χ3v) is 2.51. The summed E-state index contributed by atoms with van der Waals surface area (Å²) in [6.07, 6.45) is 1.51. The van der Waals surface area contributed by atoms with E-state index >= 15 is 0 Å². The van der Waals surface area contributed by atoms with Gasteiger partial charge in [-0.3, -0.25) is 5.43 Å². The first-order valence-corrected chi connectivity index (χ1v) is 5.18. The molecule has 0 aromatic carbocycles. The van der Waals surface area contributed by atoms with Crippen molar-refractivity contribution < 1.29 is 0 Å². The van der Waals surface area contributed by atoms with Crippen molar-refractivity contribution in [3.05, 3.63) is 11.2 Å². The fourth-order valence-corrected chi connectivity index (χ4v) is 1.07. The first-order valence-electron chi connectivity index (χ1n) is 4.80. The largest absolute Gasteiger partial charge is 0.366 e. The number of nitrogens with two attached hydrogens (primary N) is 1. The monoisotopic (exact) mass is 229 g/mol. The van der Waals surface area contributed by atoms with Crippen molar-refractivity contribution in [1.29, 1.82) is 0 Å². The molecule has 0 fully saturated rings. The molecule has 1 heterocycles. The van der Waals surface area contributed by atoms with Gasteiger partial charge in [-0.2, -0.15) is 4.98 Å². The molecule has 1 aromatic rings. The molecule has 0 aliphatic heterocycles. The predicted molar refractivity (Wildman–Crippen MR) is 62.8 cm³/mol. The maximum Gasteiger partial charge on any atom is 0.239 e. The van der Waals surface area contributed by atoms with Crippen LogP contribution in [-0.2, 0) is 0 Å². The number of nitrogens with zero attached hydrogens (tertiary/aromatic N) is 2. The van der Waals surface area contributed by atoms with Gasteiger partial charge >= 0.3 is 0 Å². The summed E-state index contributed by atoms with van der Waals surface area (Å²) in [6.45, 7) is 6.31. The highest BCUT2D eigenvalue weighted by atomic mass is 35.5. The summed E-state index contributed by atoms with van der Waals surface area (Å²) >= 11 is 5.95. The number of hydrazine groups is 1. The van der Waals surface area contributed by atoms with Gasteiger partial charge in [-0.05, 0) is 12.8 Å². The van der Waals surface area contributed by atoms with Gasteiger partial charge in [0.1, 0.15) is 5.02 Å². The van der Waals surface area contributed by atoms with Crippen molar-refractivity contribution >= 4 is 23.4 Å². The first-order chi connectivity index (χ1) is 7.04. The molecule has 6 heteroatoms. The Morgan fingerprint density at radius 1 is 1.40 bits per heavy atom.